The van der Waals surface area contributed by atoms with Crippen molar-refractivity contribution in [3.8, 4) is 11.3 Å². The van der Waals surface area contributed by atoms with E-state index in [1.54, 1.807) is 11.1 Å². The number of benzene rings is 1. The Hall–Kier alpha value is -2.89. The van der Waals surface area contributed by atoms with E-state index in [-0.39, 0.29) is 24.1 Å². The van der Waals surface area contributed by atoms with Gasteiger partial charge >= 0.3 is 6.09 Å². The van der Waals surface area contributed by atoms with E-state index in [4.69, 9.17) is 4.74 Å². The number of hydrogen-bond donors (Lipinski definition) is 1. The van der Waals surface area contributed by atoms with Gasteiger partial charge in [0.2, 0.25) is 5.91 Å². The molecular formula is C18H17N3O3. The van der Waals surface area contributed by atoms with E-state index in [2.05, 4.69) is 16.4 Å². The molecule has 2 aliphatic rings. The van der Waals surface area contributed by atoms with Crippen LogP contribution < -0.4 is 10.2 Å². The van der Waals surface area contributed by atoms with E-state index < -0.39 is 0 Å². The third kappa shape index (κ3) is 2.40. The maximum atomic E-state index is 12.2. The van der Waals surface area contributed by atoms with Crippen molar-refractivity contribution >= 4 is 17.7 Å². The molecule has 0 bridgehead atoms. The van der Waals surface area contributed by atoms with Crippen molar-refractivity contribution in [3.05, 3.63) is 48.2 Å². The molecule has 1 aromatic heterocycles. The Morgan fingerprint density at radius 2 is 2.25 bits per heavy atom. The smallest absolute Gasteiger partial charge is 0.415 e. The molecule has 1 saturated heterocycles. The highest BCUT2D eigenvalue weighted by atomic mass is 16.6. The highest BCUT2D eigenvalue weighted by Crippen LogP contribution is 2.40. The first-order valence-corrected chi connectivity index (χ1v) is 7.92. The largest absolute Gasteiger partial charge is 0.442 e. The van der Waals surface area contributed by atoms with Gasteiger partial charge in [-0.15, -0.1) is 0 Å². The Balaban J connectivity index is 1.62. The van der Waals surface area contributed by atoms with Gasteiger partial charge in [-0.05, 0) is 36.2 Å². The predicted molar refractivity (Wildman–Crippen MR) is 88.6 cm³/mol. The average Bonchev–Trinajstić information content (AvgIpc) is 3.11. The van der Waals surface area contributed by atoms with Crippen molar-refractivity contribution in [1.29, 1.82) is 0 Å². The minimum atomic E-state index is -0.348. The fraction of sp³-hybridized carbons (Fsp3) is 0.278. The summed E-state index contributed by atoms with van der Waals surface area (Å²) in [6, 6.07) is 11.7. The maximum absolute atomic E-state index is 12.2. The van der Waals surface area contributed by atoms with Crippen LogP contribution in [0.4, 0.5) is 10.5 Å². The molecule has 0 spiro atoms. The normalized spacial score (nSPS) is 21.2. The van der Waals surface area contributed by atoms with Gasteiger partial charge in [0.15, 0.2) is 0 Å². The monoisotopic (exact) mass is 323 g/mol. The minimum Gasteiger partial charge on any atom is -0.442 e. The Bertz CT molecular complexity index is 806. The number of nitrogens with one attached hydrogen (secondary N) is 1. The SMILES string of the molecule is CC(=O)NC[C@@H]1OC(=O)N2c3ccc(-c4ccccn4)cc3C[C@@H]12. The third-order valence-corrected chi connectivity index (χ3v) is 4.49. The first-order valence-electron chi connectivity index (χ1n) is 7.92. The number of ether oxygens (including phenoxy) is 1. The number of fused-ring (bicyclic) bond motifs is 3. The zero-order valence-corrected chi connectivity index (χ0v) is 13.2. The van der Waals surface area contributed by atoms with Gasteiger partial charge < -0.3 is 10.1 Å². The summed E-state index contributed by atoms with van der Waals surface area (Å²) in [5.41, 5.74) is 3.93. The maximum Gasteiger partial charge on any atom is 0.415 e. The minimum absolute atomic E-state index is 0.0710. The van der Waals surface area contributed by atoms with Crippen molar-refractivity contribution in [2.24, 2.45) is 0 Å². The number of carbonyl (C=O) groups excluding carboxylic acids is 2. The highest BCUT2D eigenvalue weighted by molar-refractivity contribution is 5.94. The number of anilines is 1. The van der Waals surface area contributed by atoms with Crippen LogP contribution in [0.5, 0.6) is 0 Å². The van der Waals surface area contributed by atoms with Crippen molar-refractivity contribution in [3.63, 3.8) is 0 Å². The number of carbonyl (C=O) groups is 2. The molecule has 1 N–H and O–H groups in total. The lowest BCUT2D eigenvalue weighted by molar-refractivity contribution is -0.119. The number of amides is 2. The van der Waals surface area contributed by atoms with E-state index >= 15 is 0 Å². The lowest BCUT2D eigenvalue weighted by Gasteiger charge is -2.16. The Labute approximate surface area is 139 Å². The van der Waals surface area contributed by atoms with Crippen LogP contribution >= 0.6 is 0 Å². The van der Waals surface area contributed by atoms with E-state index in [9.17, 15) is 9.59 Å². The van der Waals surface area contributed by atoms with Crippen LogP contribution in [0.2, 0.25) is 0 Å². The molecule has 2 atom stereocenters. The molecule has 0 aliphatic carbocycles. The Morgan fingerprint density at radius 1 is 1.38 bits per heavy atom. The molecule has 24 heavy (non-hydrogen) atoms. The van der Waals surface area contributed by atoms with E-state index in [0.717, 1.165) is 22.5 Å². The van der Waals surface area contributed by atoms with Gasteiger partial charge in [-0.3, -0.25) is 14.7 Å². The summed E-state index contributed by atoms with van der Waals surface area (Å²) in [6.45, 7) is 1.79. The number of hydrogen-bond acceptors (Lipinski definition) is 4. The van der Waals surface area contributed by atoms with Gasteiger partial charge in [-0.25, -0.2) is 4.79 Å². The highest BCUT2D eigenvalue weighted by Gasteiger charge is 2.47. The lowest BCUT2D eigenvalue weighted by Crippen LogP contribution is -2.40. The fourth-order valence-corrected chi connectivity index (χ4v) is 3.39. The number of pyridine rings is 1. The van der Waals surface area contributed by atoms with Crippen molar-refractivity contribution in [1.82, 2.24) is 10.3 Å². The second kappa shape index (κ2) is 5.63. The summed E-state index contributed by atoms with van der Waals surface area (Å²) in [5, 5.41) is 2.73. The fourth-order valence-electron chi connectivity index (χ4n) is 3.39. The molecule has 2 amide bonds. The zero-order valence-electron chi connectivity index (χ0n) is 13.2. The summed E-state index contributed by atoms with van der Waals surface area (Å²) < 4.78 is 5.41. The van der Waals surface area contributed by atoms with Gasteiger partial charge in [-0.1, -0.05) is 12.1 Å². The molecule has 0 saturated carbocycles. The Kier molecular flexibility index (Phi) is 3.45. The number of rotatable bonds is 3. The zero-order chi connectivity index (χ0) is 16.7. The predicted octanol–water partition coefficient (Wildman–Crippen LogP) is 2.13. The van der Waals surface area contributed by atoms with Gasteiger partial charge in [0, 0.05) is 18.7 Å². The molecule has 0 radical (unpaired) electrons. The quantitative estimate of drug-likeness (QED) is 0.939. The van der Waals surface area contributed by atoms with Gasteiger partial charge in [0.25, 0.3) is 0 Å². The molecule has 2 aliphatic heterocycles. The topological polar surface area (TPSA) is 71.5 Å². The molecular weight excluding hydrogens is 306 g/mol. The number of aromatic nitrogens is 1. The van der Waals surface area contributed by atoms with Gasteiger partial charge in [-0.2, -0.15) is 0 Å². The molecule has 0 unspecified atom stereocenters. The molecule has 2 aromatic rings. The molecule has 6 nitrogen and oxygen atoms in total. The first kappa shape index (κ1) is 14.7. The molecule has 1 aromatic carbocycles. The summed E-state index contributed by atoms with van der Waals surface area (Å²) in [6.07, 6.45) is 1.81. The summed E-state index contributed by atoms with van der Waals surface area (Å²) >= 11 is 0. The van der Waals surface area contributed by atoms with Crippen LogP contribution in [0.1, 0.15) is 12.5 Å². The molecule has 6 heteroatoms. The van der Waals surface area contributed by atoms with Crippen molar-refractivity contribution in [2.45, 2.75) is 25.5 Å². The van der Waals surface area contributed by atoms with Crippen molar-refractivity contribution in [2.75, 3.05) is 11.4 Å². The van der Waals surface area contributed by atoms with Gasteiger partial charge in [0.1, 0.15) is 6.10 Å². The van der Waals surface area contributed by atoms with Crippen LogP contribution in [-0.4, -0.2) is 35.7 Å². The summed E-state index contributed by atoms with van der Waals surface area (Å²) in [5.74, 6) is -0.127. The average molecular weight is 323 g/mol. The summed E-state index contributed by atoms with van der Waals surface area (Å²) in [4.78, 5) is 29.4. The van der Waals surface area contributed by atoms with Crippen LogP contribution in [0, 0.1) is 0 Å². The molecule has 1 fully saturated rings. The van der Waals surface area contributed by atoms with Crippen LogP contribution in [0.25, 0.3) is 11.3 Å². The second-order valence-electron chi connectivity index (χ2n) is 6.06. The number of nitrogens with zero attached hydrogens (tertiary/aromatic N) is 2. The molecule has 3 heterocycles. The number of cyclic esters (lactones) is 1. The van der Waals surface area contributed by atoms with E-state index in [1.807, 2.05) is 30.3 Å². The van der Waals surface area contributed by atoms with Crippen LogP contribution in [-0.2, 0) is 16.0 Å². The molecule has 122 valence electrons. The first-order chi connectivity index (χ1) is 11.6. The van der Waals surface area contributed by atoms with Crippen LogP contribution in [0.15, 0.2) is 42.6 Å². The molecule has 4 rings (SSSR count). The van der Waals surface area contributed by atoms with E-state index in [0.29, 0.717) is 13.0 Å². The third-order valence-electron chi connectivity index (χ3n) is 4.49. The second-order valence-corrected chi connectivity index (χ2v) is 6.06. The Morgan fingerprint density at radius 3 is 3.00 bits per heavy atom. The van der Waals surface area contributed by atoms with Gasteiger partial charge in [0.05, 0.1) is 24.0 Å². The van der Waals surface area contributed by atoms with Crippen LogP contribution in [0.3, 0.4) is 0 Å². The lowest BCUT2D eigenvalue weighted by atomic mass is 10.0. The standard InChI is InChI=1S/C18H17N3O3/c1-11(22)20-10-17-16-9-13-8-12(14-4-2-3-7-19-14)5-6-15(13)21(16)18(23)24-17/h2-8,16-17H,9-10H2,1H3,(H,20,22)/t16-,17-/m0/s1. The summed E-state index contributed by atoms with van der Waals surface area (Å²) in [7, 11) is 0. The van der Waals surface area contributed by atoms with E-state index in [1.165, 1.54) is 6.92 Å². The van der Waals surface area contributed by atoms with Crippen molar-refractivity contribution < 1.29 is 14.3 Å².